The molecular weight excluding hydrogens is 216 g/mol. The molecule has 0 fully saturated rings. The maximum atomic E-state index is 11.2. The van der Waals surface area contributed by atoms with E-state index in [1.807, 2.05) is 5.32 Å². The van der Waals surface area contributed by atoms with E-state index in [-0.39, 0.29) is 5.69 Å². The molecule has 86 valence electrons. The number of nitrogens with zero attached hydrogens (tertiary/aromatic N) is 1. The number of aromatic nitrogens is 2. The predicted molar refractivity (Wildman–Crippen MR) is 51.5 cm³/mol. The van der Waals surface area contributed by atoms with Crippen LogP contribution in [-0.2, 0) is 9.53 Å². The Morgan fingerprint density at radius 3 is 2.81 bits per heavy atom. The highest BCUT2D eigenvalue weighted by Crippen LogP contribution is 1.94. The van der Waals surface area contributed by atoms with E-state index in [2.05, 4.69) is 20.3 Å². The first-order valence-electron chi connectivity index (χ1n) is 4.31. The molecule has 1 aromatic heterocycles. The number of carbonyl (C=O) groups is 3. The second kappa shape index (κ2) is 5.49. The zero-order chi connectivity index (χ0) is 12.0. The van der Waals surface area contributed by atoms with Gasteiger partial charge in [-0.3, -0.25) is 15.2 Å². The predicted octanol–water partition coefficient (Wildman–Crippen LogP) is -0.978. The number of imide groups is 1. The monoisotopic (exact) mass is 226 g/mol. The standard InChI is InChI=1S/C8H10N4O4/c1-9-8(15)11-6(13)4-16-7(14)5-2-3-10-12-5/h2-3H,4H2,1H3,(H,10,12)(H2,9,11,13,15). The van der Waals surface area contributed by atoms with Gasteiger partial charge in [-0.25, -0.2) is 9.59 Å². The van der Waals surface area contributed by atoms with E-state index in [0.29, 0.717) is 0 Å². The van der Waals surface area contributed by atoms with Crippen LogP contribution in [0.1, 0.15) is 10.5 Å². The fourth-order valence-electron chi connectivity index (χ4n) is 0.804. The number of amides is 3. The van der Waals surface area contributed by atoms with Crippen molar-refractivity contribution in [2.24, 2.45) is 0 Å². The van der Waals surface area contributed by atoms with Gasteiger partial charge >= 0.3 is 12.0 Å². The van der Waals surface area contributed by atoms with Crippen molar-refractivity contribution in [3.05, 3.63) is 18.0 Å². The smallest absolute Gasteiger partial charge is 0.356 e. The summed E-state index contributed by atoms with van der Waals surface area (Å²) in [5.41, 5.74) is 0.132. The van der Waals surface area contributed by atoms with Gasteiger partial charge in [-0.05, 0) is 6.07 Å². The van der Waals surface area contributed by atoms with E-state index in [9.17, 15) is 14.4 Å². The third-order valence-electron chi connectivity index (χ3n) is 1.54. The minimum atomic E-state index is -0.718. The quantitative estimate of drug-likeness (QED) is 0.573. The minimum absolute atomic E-state index is 0.132. The van der Waals surface area contributed by atoms with Crippen LogP contribution >= 0.6 is 0 Å². The molecule has 0 aliphatic heterocycles. The third kappa shape index (κ3) is 3.40. The highest BCUT2D eigenvalue weighted by atomic mass is 16.5. The molecule has 0 unspecified atom stereocenters. The SMILES string of the molecule is CNC(=O)NC(=O)COC(=O)c1ccn[nH]1. The topological polar surface area (TPSA) is 113 Å². The van der Waals surface area contributed by atoms with E-state index < -0.39 is 24.5 Å². The molecule has 0 aliphatic rings. The van der Waals surface area contributed by atoms with Gasteiger partial charge in [-0.1, -0.05) is 0 Å². The van der Waals surface area contributed by atoms with E-state index in [1.54, 1.807) is 0 Å². The second-order valence-electron chi connectivity index (χ2n) is 2.67. The van der Waals surface area contributed by atoms with Gasteiger partial charge in [0, 0.05) is 13.2 Å². The van der Waals surface area contributed by atoms with Crippen LogP contribution in [0.15, 0.2) is 12.3 Å². The average molecular weight is 226 g/mol. The first-order valence-corrected chi connectivity index (χ1v) is 4.31. The zero-order valence-corrected chi connectivity index (χ0v) is 8.44. The summed E-state index contributed by atoms with van der Waals surface area (Å²) >= 11 is 0. The number of urea groups is 1. The van der Waals surface area contributed by atoms with Crippen LogP contribution in [0.2, 0.25) is 0 Å². The maximum Gasteiger partial charge on any atom is 0.356 e. The van der Waals surface area contributed by atoms with Gasteiger partial charge in [-0.15, -0.1) is 0 Å². The summed E-state index contributed by atoms with van der Waals surface area (Å²) < 4.78 is 4.59. The highest BCUT2D eigenvalue weighted by Gasteiger charge is 2.12. The summed E-state index contributed by atoms with van der Waals surface area (Å²) in [6.07, 6.45) is 1.38. The lowest BCUT2D eigenvalue weighted by Crippen LogP contribution is -2.39. The van der Waals surface area contributed by atoms with Crippen molar-refractivity contribution in [2.45, 2.75) is 0 Å². The Morgan fingerprint density at radius 2 is 2.25 bits per heavy atom. The van der Waals surface area contributed by atoms with Crippen molar-refractivity contribution < 1.29 is 19.1 Å². The van der Waals surface area contributed by atoms with Gasteiger partial charge in [-0.2, -0.15) is 5.10 Å². The van der Waals surface area contributed by atoms with Gasteiger partial charge in [0.05, 0.1) is 0 Å². The molecule has 0 spiro atoms. The molecule has 3 N–H and O–H groups in total. The molecule has 8 nitrogen and oxygen atoms in total. The number of rotatable bonds is 3. The summed E-state index contributed by atoms with van der Waals surface area (Å²) in [4.78, 5) is 32.9. The van der Waals surface area contributed by atoms with Crippen LogP contribution in [-0.4, -0.2) is 41.8 Å². The number of esters is 1. The summed E-state index contributed by atoms with van der Waals surface area (Å²) in [6, 6.07) is 0.738. The Kier molecular flexibility index (Phi) is 4.01. The average Bonchev–Trinajstić information content (AvgIpc) is 2.79. The van der Waals surface area contributed by atoms with E-state index >= 15 is 0 Å². The first-order chi connectivity index (χ1) is 7.63. The van der Waals surface area contributed by atoms with Crippen molar-refractivity contribution in [1.82, 2.24) is 20.8 Å². The Balaban J connectivity index is 2.32. The van der Waals surface area contributed by atoms with Gasteiger partial charge in [0.2, 0.25) is 0 Å². The van der Waals surface area contributed by atoms with Crippen LogP contribution in [0.3, 0.4) is 0 Å². The summed E-state index contributed by atoms with van der Waals surface area (Å²) in [5, 5.41) is 10.0. The molecule has 1 heterocycles. The molecule has 1 aromatic rings. The first kappa shape index (κ1) is 11.7. The van der Waals surface area contributed by atoms with Gasteiger partial charge < -0.3 is 10.1 Å². The molecule has 0 aromatic carbocycles. The van der Waals surface area contributed by atoms with Crippen molar-refractivity contribution in [3.63, 3.8) is 0 Å². The van der Waals surface area contributed by atoms with Crippen LogP contribution in [0.25, 0.3) is 0 Å². The number of ether oxygens (including phenoxy) is 1. The molecule has 0 aliphatic carbocycles. The summed E-state index contributed by atoms with van der Waals surface area (Å²) in [7, 11) is 1.36. The minimum Gasteiger partial charge on any atom is -0.451 e. The Hall–Kier alpha value is -2.38. The van der Waals surface area contributed by atoms with Crippen molar-refractivity contribution in [2.75, 3.05) is 13.7 Å². The summed E-state index contributed by atoms with van der Waals surface area (Å²) in [6.45, 7) is -0.536. The third-order valence-corrected chi connectivity index (χ3v) is 1.54. The lowest BCUT2D eigenvalue weighted by atomic mass is 10.4. The molecule has 0 atom stereocenters. The lowest BCUT2D eigenvalue weighted by Gasteiger charge is -2.03. The molecule has 16 heavy (non-hydrogen) atoms. The summed E-state index contributed by atoms with van der Waals surface area (Å²) in [5.74, 6) is -1.43. The number of nitrogens with one attached hydrogen (secondary N) is 3. The molecule has 0 saturated carbocycles. The lowest BCUT2D eigenvalue weighted by molar-refractivity contribution is -0.123. The molecule has 0 saturated heterocycles. The van der Waals surface area contributed by atoms with E-state index in [4.69, 9.17) is 0 Å². The van der Waals surface area contributed by atoms with E-state index in [1.165, 1.54) is 19.3 Å². The van der Waals surface area contributed by atoms with Crippen molar-refractivity contribution >= 4 is 17.9 Å². The van der Waals surface area contributed by atoms with E-state index in [0.717, 1.165) is 0 Å². The Bertz CT molecular complexity index is 387. The molecule has 8 heteroatoms. The number of aromatic amines is 1. The molecule has 1 rings (SSSR count). The number of hydrogen-bond acceptors (Lipinski definition) is 5. The van der Waals surface area contributed by atoms with Crippen LogP contribution in [0, 0.1) is 0 Å². The van der Waals surface area contributed by atoms with Gasteiger partial charge in [0.25, 0.3) is 5.91 Å². The Morgan fingerprint density at radius 1 is 1.50 bits per heavy atom. The molecular formula is C8H10N4O4. The number of H-pyrrole nitrogens is 1. The number of carbonyl (C=O) groups excluding carboxylic acids is 3. The van der Waals surface area contributed by atoms with Crippen molar-refractivity contribution in [1.29, 1.82) is 0 Å². The highest BCUT2D eigenvalue weighted by molar-refractivity contribution is 5.96. The fraction of sp³-hybridized carbons (Fsp3) is 0.250. The largest absolute Gasteiger partial charge is 0.451 e. The van der Waals surface area contributed by atoms with Gasteiger partial charge in [0.1, 0.15) is 5.69 Å². The van der Waals surface area contributed by atoms with Gasteiger partial charge in [0.15, 0.2) is 6.61 Å². The zero-order valence-electron chi connectivity index (χ0n) is 8.44. The number of hydrogen-bond donors (Lipinski definition) is 3. The fourth-order valence-corrected chi connectivity index (χ4v) is 0.804. The van der Waals surface area contributed by atoms with Crippen molar-refractivity contribution in [3.8, 4) is 0 Å². The van der Waals surface area contributed by atoms with Crippen LogP contribution in [0.5, 0.6) is 0 Å². The van der Waals surface area contributed by atoms with Crippen LogP contribution < -0.4 is 10.6 Å². The Labute approximate surface area is 90.4 Å². The normalized spacial score (nSPS) is 9.31. The molecule has 0 bridgehead atoms. The molecule has 0 radical (unpaired) electrons. The maximum absolute atomic E-state index is 11.2. The second-order valence-corrected chi connectivity index (χ2v) is 2.67. The van der Waals surface area contributed by atoms with Crippen LogP contribution in [0.4, 0.5) is 4.79 Å². The molecule has 3 amide bonds.